The molecule has 4 nitrogen and oxygen atoms in total. The van der Waals surface area contributed by atoms with Crippen molar-refractivity contribution in [3.63, 3.8) is 0 Å². The van der Waals surface area contributed by atoms with E-state index in [0.29, 0.717) is 0 Å². The molecule has 21 heavy (non-hydrogen) atoms. The van der Waals surface area contributed by atoms with Crippen molar-refractivity contribution >= 4 is 0 Å². The first-order chi connectivity index (χ1) is 10.4. The van der Waals surface area contributed by atoms with Crippen LogP contribution in [-0.4, -0.2) is 21.8 Å². The lowest BCUT2D eigenvalue weighted by molar-refractivity contribution is 0.591. The molecular formula is C17H18N4. The first-order valence-electron chi connectivity index (χ1n) is 7.03. The molecule has 2 heterocycles. The predicted octanol–water partition coefficient (Wildman–Crippen LogP) is 2.77. The number of para-hydroxylation sites is 1. The van der Waals surface area contributed by atoms with Crippen LogP contribution in [0.25, 0.3) is 5.69 Å². The topological polar surface area (TPSA) is 42.7 Å². The van der Waals surface area contributed by atoms with E-state index in [4.69, 9.17) is 0 Å². The Kier molecular flexibility index (Phi) is 4.07. The van der Waals surface area contributed by atoms with E-state index in [9.17, 15) is 0 Å². The van der Waals surface area contributed by atoms with Gasteiger partial charge in [-0.05, 0) is 43.3 Å². The molecule has 0 radical (unpaired) electrons. The highest BCUT2D eigenvalue weighted by Crippen LogP contribution is 2.18. The Morgan fingerprint density at radius 3 is 2.57 bits per heavy atom. The molecule has 1 unspecified atom stereocenters. The average molecular weight is 278 g/mol. The number of aromatic nitrogens is 3. The fourth-order valence-corrected chi connectivity index (χ4v) is 2.38. The van der Waals surface area contributed by atoms with Crippen molar-refractivity contribution in [3.8, 4) is 5.69 Å². The van der Waals surface area contributed by atoms with Gasteiger partial charge in [-0.25, -0.2) is 4.68 Å². The van der Waals surface area contributed by atoms with Gasteiger partial charge in [0.15, 0.2) is 0 Å². The van der Waals surface area contributed by atoms with Crippen molar-refractivity contribution in [2.75, 3.05) is 7.05 Å². The van der Waals surface area contributed by atoms with E-state index >= 15 is 0 Å². The summed E-state index contributed by atoms with van der Waals surface area (Å²) in [6.45, 7) is 0. The molecule has 0 fully saturated rings. The van der Waals surface area contributed by atoms with Gasteiger partial charge in [0.05, 0.1) is 11.9 Å². The molecule has 1 atom stereocenters. The van der Waals surface area contributed by atoms with Crippen molar-refractivity contribution in [3.05, 3.63) is 78.4 Å². The lowest BCUT2D eigenvalue weighted by Gasteiger charge is -2.14. The second-order valence-corrected chi connectivity index (χ2v) is 4.95. The molecule has 3 aromatic rings. The molecule has 0 saturated heterocycles. The summed E-state index contributed by atoms with van der Waals surface area (Å²) in [6, 6.07) is 14.5. The van der Waals surface area contributed by atoms with E-state index in [1.54, 1.807) is 0 Å². The van der Waals surface area contributed by atoms with Crippen LogP contribution in [0.4, 0.5) is 0 Å². The second-order valence-electron chi connectivity index (χ2n) is 4.95. The Morgan fingerprint density at radius 1 is 1.10 bits per heavy atom. The summed E-state index contributed by atoms with van der Waals surface area (Å²) in [7, 11) is 1.98. The monoisotopic (exact) mass is 278 g/mol. The van der Waals surface area contributed by atoms with Crippen molar-refractivity contribution in [2.45, 2.75) is 12.5 Å². The van der Waals surface area contributed by atoms with Crippen LogP contribution in [0, 0.1) is 0 Å². The van der Waals surface area contributed by atoms with E-state index in [1.165, 1.54) is 11.1 Å². The maximum Gasteiger partial charge on any atom is 0.0645 e. The number of nitrogens with zero attached hydrogens (tertiary/aromatic N) is 3. The summed E-state index contributed by atoms with van der Waals surface area (Å²) >= 11 is 0. The minimum absolute atomic E-state index is 0.241. The molecule has 1 N–H and O–H groups in total. The maximum absolute atomic E-state index is 4.46. The summed E-state index contributed by atoms with van der Waals surface area (Å²) in [5, 5.41) is 7.82. The van der Waals surface area contributed by atoms with Gasteiger partial charge in [0, 0.05) is 30.2 Å². The molecule has 2 aromatic heterocycles. The van der Waals surface area contributed by atoms with Crippen molar-refractivity contribution in [2.24, 2.45) is 0 Å². The van der Waals surface area contributed by atoms with Crippen LogP contribution in [0.1, 0.15) is 17.2 Å². The highest BCUT2D eigenvalue weighted by molar-refractivity contribution is 5.31. The van der Waals surface area contributed by atoms with Crippen LogP contribution >= 0.6 is 0 Å². The molecule has 4 heteroatoms. The summed E-state index contributed by atoms with van der Waals surface area (Å²) < 4.78 is 1.91. The van der Waals surface area contributed by atoms with E-state index < -0.39 is 0 Å². The summed E-state index contributed by atoms with van der Waals surface area (Å²) in [5.41, 5.74) is 3.51. The molecule has 0 bridgehead atoms. The molecular weight excluding hydrogens is 260 g/mol. The number of benzene rings is 1. The number of hydrogen-bond donors (Lipinski definition) is 1. The zero-order valence-electron chi connectivity index (χ0n) is 12.0. The third kappa shape index (κ3) is 3.17. The normalized spacial score (nSPS) is 12.2. The van der Waals surface area contributed by atoms with Crippen LogP contribution in [0.5, 0.6) is 0 Å². The number of hydrogen-bond acceptors (Lipinski definition) is 3. The predicted molar refractivity (Wildman–Crippen MR) is 83.3 cm³/mol. The average Bonchev–Trinajstić information content (AvgIpc) is 3.04. The largest absolute Gasteiger partial charge is 0.313 e. The minimum atomic E-state index is 0.241. The van der Waals surface area contributed by atoms with Crippen molar-refractivity contribution < 1.29 is 0 Å². The smallest absolute Gasteiger partial charge is 0.0645 e. The van der Waals surface area contributed by atoms with Gasteiger partial charge in [0.2, 0.25) is 0 Å². The Bertz CT molecular complexity index is 676. The first-order valence-corrected chi connectivity index (χ1v) is 7.03. The summed E-state index contributed by atoms with van der Waals surface area (Å²) in [5.74, 6) is 0. The third-order valence-corrected chi connectivity index (χ3v) is 3.56. The molecule has 0 aliphatic carbocycles. The molecule has 0 aliphatic heterocycles. The highest BCUT2D eigenvalue weighted by atomic mass is 15.3. The Hall–Kier alpha value is -2.46. The molecule has 1 aromatic carbocycles. The second kappa shape index (κ2) is 6.33. The molecule has 0 saturated carbocycles. The standard InChI is InChI=1S/C17H18N4/c1-18-17(11-14-7-9-19-10-8-14)15-12-20-21(13-15)16-5-3-2-4-6-16/h2-10,12-13,17-18H,11H2,1H3. The lowest BCUT2D eigenvalue weighted by atomic mass is 10.0. The first kappa shape index (κ1) is 13.5. The Morgan fingerprint density at radius 2 is 1.86 bits per heavy atom. The van der Waals surface area contributed by atoms with Crippen LogP contribution in [0.3, 0.4) is 0 Å². The van der Waals surface area contributed by atoms with Crippen LogP contribution in [0.15, 0.2) is 67.3 Å². The minimum Gasteiger partial charge on any atom is -0.313 e. The molecule has 0 aliphatic rings. The number of nitrogens with one attached hydrogen (secondary N) is 1. The fourth-order valence-electron chi connectivity index (χ4n) is 2.38. The van der Waals surface area contributed by atoms with Crippen molar-refractivity contribution in [1.29, 1.82) is 0 Å². The van der Waals surface area contributed by atoms with E-state index in [0.717, 1.165) is 12.1 Å². The Labute approximate surface area is 124 Å². The summed E-state index contributed by atoms with van der Waals surface area (Å²) in [6.07, 6.45) is 8.58. The zero-order valence-corrected chi connectivity index (χ0v) is 12.0. The van der Waals surface area contributed by atoms with E-state index in [-0.39, 0.29) is 6.04 Å². The summed E-state index contributed by atoms with van der Waals surface area (Å²) in [4.78, 5) is 4.06. The van der Waals surface area contributed by atoms with Crippen LogP contribution in [0.2, 0.25) is 0 Å². The highest BCUT2D eigenvalue weighted by Gasteiger charge is 2.12. The van der Waals surface area contributed by atoms with Gasteiger partial charge in [-0.3, -0.25) is 4.98 Å². The van der Waals surface area contributed by atoms with Crippen molar-refractivity contribution in [1.82, 2.24) is 20.1 Å². The van der Waals surface area contributed by atoms with Crippen LogP contribution < -0.4 is 5.32 Å². The maximum atomic E-state index is 4.46. The van der Waals surface area contributed by atoms with Gasteiger partial charge in [0.25, 0.3) is 0 Å². The SMILES string of the molecule is CNC(Cc1ccncc1)c1cnn(-c2ccccc2)c1. The quantitative estimate of drug-likeness (QED) is 0.780. The molecule has 0 amide bonds. The van der Waals surface area contributed by atoms with Gasteiger partial charge >= 0.3 is 0 Å². The Balaban J connectivity index is 1.81. The molecule has 106 valence electrons. The van der Waals surface area contributed by atoms with Gasteiger partial charge < -0.3 is 5.32 Å². The fraction of sp³-hybridized carbons (Fsp3) is 0.176. The third-order valence-electron chi connectivity index (χ3n) is 3.56. The number of likely N-dealkylation sites (N-methyl/N-ethyl adjacent to an activating group) is 1. The van der Waals surface area contributed by atoms with Gasteiger partial charge in [-0.2, -0.15) is 5.10 Å². The van der Waals surface area contributed by atoms with E-state index in [2.05, 4.69) is 21.6 Å². The number of pyridine rings is 1. The van der Waals surface area contributed by atoms with E-state index in [1.807, 2.05) is 72.8 Å². The van der Waals surface area contributed by atoms with Crippen LogP contribution in [-0.2, 0) is 6.42 Å². The zero-order chi connectivity index (χ0) is 14.5. The van der Waals surface area contributed by atoms with Gasteiger partial charge in [0.1, 0.15) is 0 Å². The van der Waals surface area contributed by atoms with Gasteiger partial charge in [-0.15, -0.1) is 0 Å². The number of rotatable bonds is 5. The lowest BCUT2D eigenvalue weighted by Crippen LogP contribution is -2.18. The molecule has 3 rings (SSSR count). The molecule has 0 spiro atoms. The van der Waals surface area contributed by atoms with Gasteiger partial charge in [-0.1, -0.05) is 18.2 Å².